The quantitative estimate of drug-likeness (QED) is 0.808. The van der Waals surface area contributed by atoms with E-state index in [1.807, 2.05) is 0 Å². The van der Waals surface area contributed by atoms with E-state index in [1.54, 1.807) is 0 Å². The molecular weight excluding hydrogens is 262 g/mol. The zero-order valence-electron chi connectivity index (χ0n) is 12.3. The Morgan fingerprint density at radius 3 is 2.42 bits per heavy atom. The van der Waals surface area contributed by atoms with Gasteiger partial charge < -0.3 is 5.73 Å². The van der Waals surface area contributed by atoms with Gasteiger partial charge in [-0.1, -0.05) is 20.3 Å². The van der Waals surface area contributed by atoms with E-state index in [2.05, 4.69) is 13.8 Å². The van der Waals surface area contributed by atoms with Gasteiger partial charge in [0.15, 0.2) is 0 Å². The minimum absolute atomic E-state index is 0.108. The third-order valence-electron chi connectivity index (χ3n) is 4.08. The number of nitrogens with two attached hydrogens (primary N) is 1. The monoisotopic (exact) mass is 289 g/mol. The molecule has 4 nitrogen and oxygen atoms in total. The van der Waals surface area contributed by atoms with Gasteiger partial charge in [-0.15, -0.1) is 0 Å². The molecule has 0 aromatic heterocycles. The summed E-state index contributed by atoms with van der Waals surface area (Å²) in [5.74, 6) is 0.403. The minimum Gasteiger partial charge on any atom is -0.330 e. The lowest BCUT2D eigenvalue weighted by atomic mass is 9.79. The number of Topliss-reactive ketones (excluding diaryl/α,β-unsaturated/α-hetero) is 1. The Morgan fingerprint density at radius 2 is 1.95 bits per heavy atom. The molecule has 112 valence electrons. The van der Waals surface area contributed by atoms with Crippen LogP contribution in [0.5, 0.6) is 0 Å². The molecular formula is C14H27NO3S. The van der Waals surface area contributed by atoms with Gasteiger partial charge in [-0.25, -0.2) is 8.42 Å². The fourth-order valence-electron chi connectivity index (χ4n) is 3.02. The first-order valence-electron chi connectivity index (χ1n) is 7.18. The minimum atomic E-state index is -3.03. The molecule has 0 spiro atoms. The number of hydrogen-bond acceptors (Lipinski definition) is 4. The van der Waals surface area contributed by atoms with E-state index < -0.39 is 9.84 Å². The molecule has 1 rings (SSSR count). The Morgan fingerprint density at radius 1 is 1.32 bits per heavy atom. The summed E-state index contributed by atoms with van der Waals surface area (Å²) in [4.78, 5) is 12.5. The van der Waals surface area contributed by atoms with E-state index in [-0.39, 0.29) is 22.9 Å². The van der Waals surface area contributed by atoms with E-state index in [9.17, 15) is 13.2 Å². The standard InChI is InChI=1S/C14H27NO3S/c1-10(2)7-12(9-15)14(16)11-5-4-6-13(8-11)19(3,17)18/h10-13H,4-9,15H2,1-3H3. The van der Waals surface area contributed by atoms with E-state index in [0.29, 0.717) is 25.3 Å². The van der Waals surface area contributed by atoms with Gasteiger partial charge in [0, 0.05) is 24.6 Å². The molecule has 0 aromatic carbocycles. The fraction of sp³-hybridized carbons (Fsp3) is 0.929. The van der Waals surface area contributed by atoms with Crippen LogP contribution < -0.4 is 5.73 Å². The van der Waals surface area contributed by atoms with Crippen molar-refractivity contribution in [2.45, 2.75) is 51.2 Å². The maximum absolute atomic E-state index is 12.5. The third kappa shape index (κ3) is 4.88. The fourth-order valence-corrected chi connectivity index (χ4v) is 4.20. The summed E-state index contributed by atoms with van der Waals surface area (Å²) in [6, 6.07) is 0. The van der Waals surface area contributed by atoms with E-state index in [4.69, 9.17) is 5.73 Å². The number of ketones is 1. The van der Waals surface area contributed by atoms with Crippen molar-refractivity contribution in [1.82, 2.24) is 0 Å². The predicted octanol–water partition coefficient (Wildman–Crippen LogP) is 1.78. The molecule has 0 amide bonds. The maximum atomic E-state index is 12.5. The van der Waals surface area contributed by atoms with Gasteiger partial charge in [0.1, 0.15) is 15.6 Å². The number of carbonyl (C=O) groups excluding carboxylic acids is 1. The first kappa shape index (κ1) is 16.6. The highest BCUT2D eigenvalue weighted by Crippen LogP contribution is 2.31. The average Bonchev–Trinajstić information content (AvgIpc) is 2.34. The van der Waals surface area contributed by atoms with Crippen molar-refractivity contribution in [3.05, 3.63) is 0 Å². The zero-order chi connectivity index (χ0) is 14.6. The number of rotatable bonds is 6. The van der Waals surface area contributed by atoms with Gasteiger partial charge in [0.25, 0.3) is 0 Å². The van der Waals surface area contributed by atoms with Crippen LogP contribution in [0.25, 0.3) is 0 Å². The number of carbonyl (C=O) groups is 1. The number of hydrogen-bond donors (Lipinski definition) is 1. The lowest BCUT2D eigenvalue weighted by Crippen LogP contribution is -2.36. The zero-order valence-corrected chi connectivity index (χ0v) is 13.1. The van der Waals surface area contributed by atoms with Crippen LogP contribution in [0.15, 0.2) is 0 Å². The summed E-state index contributed by atoms with van der Waals surface area (Å²) in [7, 11) is -3.03. The molecule has 0 aliphatic heterocycles. The molecule has 3 atom stereocenters. The molecule has 0 bridgehead atoms. The Kier molecular flexibility index (Phi) is 5.99. The summed E-state index contributed by atoms with van der Waals surface area (Å²) in [5.41, 5.74) is 5.71. The van der Waals surface area contributed by atoms with Gasteiger partial charge in [-0.3, -0.25) is 4.79 Å². The van der Waals surface area contributed by atoms with Gasteiger partial charge in [0.05, 0.1) is 5.25 Å². The summed E-state index contributed by atoms with van der Waals surface area (Å²) in [5, 5.41) is -0.340. The Bertz CT molecular complexity index is 403. The van der Waals surface area contributed by atoms with Gasteiger partial charge in [0.2, 0.25) is 0 Å². The van der Waals surface area contributed by atoms with E-state index in [1.165, 1.54) is 6.26 Å². The molecule has 19 heavy (non-hydrogen) atoms. The Labute approximate surface area is 117 Å². The first-order chi connectivity index (χ1) is 8.75. The lowest BCUT2D eigenvalue weighted by Gasteiger charge is -2.29. The van der Waals surface area contributed by atoms with Crippen molar-refractivity contribution < 1.29 is 13.2 Å². The second-order valence-electron chi connectivity index (χ2n) is 6.28. The van der Waals surface area contributed by atoms with Crippen molar-refractivity contribution in [2.24, 2.45) is 23.5 Å². The molecule has 2 N–H and O–H groups in total. The second kappa shape index (κ2) is 6.84. The van der Waals surface area contributed by atoms with Crippen LogP contribution >= 0.6 is 0 Å². The van der Waals surface area contributed by atoms with Gasteiger partial charge >= 0.3 is 0 Å². The first-order valence-corrected chi connectivity index (χ1v) is 9.13. The second-order valence-corrected chi connectivity index (χ2v) is 8.61. The summed E-state index contributed by atoms with van der Waals surface area (Å²) < 4.78 is 23.3. The summed E-state index contributed by atoms with van der Waals surface area (Å²) >= 11 is 0. The maximum Gasteiger partial charge on any atom is 0.150 e. The van der Waals surface area contributed by atoms with Crippen LogP contribution in [-0.2, 0) is 14.6 Å². The SMILES string of the molecule is CC(C)CC(CN)C(=O)C1CCCC(S(C)(=O)=O)C1. The lowest BCUT2D eigenvalue weighted by molar-refractivity contribution is -0.127. The molecule has 0 heterocycles. The van der Waals surface area contributed by atoms with Crippen LogP contribution in [0.2, 0.25) is 0 Å². The van der Waals surface area contributed by atoms with E-state index in [0.717, 1.165) is 19.3 Å². The molecule has 1 aliphatic carbocycles. The molecule has 5 heteroatoms. The smallest absolute Gasteiger partial charge is 0.150 e. The van der Waals surface area contributed by atoms with Crippen molar-refractivity contribution in [1.29, 1.82) is 0 Å². The molecule has 0 saturated heterocycles. The van der Waals surface area contributed by atoms with Crippen LogP contribution in [0, 0.1) is 17.8 Å². The highest BCUT2D eigenvalue weighted by atomic mass is 32.2. The van der Waals surface area contributed by atoms with Crippen molar-refractivity contribution >= 4 is 15.6 Å². The van der Waals surface area contributed by atoms with Crippen LogP contribution in [0.3, 0.4) is 0 Å². The molecule has 1 fully saturated rings. The Hall–Kier alpha value is -0.420. The van der Waals surface area contributed by atoms with Crippen LogP contribution in [0.4, 0.5) is 0 Å². The number of sulfone groups is 1. The highest BCUT2D eigenvalue weighted by molar-refractivity contribution is 7.91. The van der Waals surface area contributed by atoms with Crippen molar-refractivity contribution in [3.63, 3.8) is 0 Å². The van der Waals surface area contributed by atoms with Crippen molar-refractivity contribution in [2.75, 3.05) is 12.8 Å². The molecule has 0 radical (unpaired) electrons. The molecule has 3 unspecified atom stereocenters. The van der Waals surface area contributed by atoms with Gasteiger partial charge in [-0.05, 0) is 31.6 Å². The third-order valence-corrected chi connectivity index (χ3v) is 5.72. The molecule has 0 aromatic rings. The van der Waals surface area contributed by atoms with E-state index >= 15 is 0 Å². The molecule has 1 saturated carbocycles. The Balaban J connectivity index is 2.70. The van der Waals surface area contributed by atoms with Gasteiger partial charge in [-0.2, -0.15) is 0 Å². The average molecular weight is 289 g/mol. The molecule has 1 aliphatic rings. The highest BCUT2D eigenvalue weighted by Gasteiger charge is 2.34. The largest absolute Gasteiger partial charge is 0.330 e. The predicted molar refractivity (Wildman–Crippen MR) is 77.6 cm³/mol. The summed E-state index contributed by atoms with van der Waals surface area (Å²) in [6.07, 6.45) is 4.91. The van der Waals surface area contributed by atoms with Crippen molar-refractivity contribution in [3.8, 4) is 0 Å². The van der Waals surface area contributed by atoms with Crippen LogP contribution in [0.1, 0.15) is 46.0 Å². The summed E-state index contributed by atoms with van der Waals surface area (Å²) in [6.45, 7) is 4.53. The van der Waals surface area contributed by atoms with Crippen LogP contribution in [-0.4, -0.2) is 32.3 Å². The normalized spacial score (nSPS) is 26.4. The topological polar surface area (TPSA) is 77.2 Å².